The molecular weight excluding hydrogens is 398 g/mol. The van der Waals surface area contributed by atoms with Crippen LogP contribution in [-0.4, -0.2) is 21.7 Å². The van der Waals surface area contributed by atoms with Crippen LogP contribution in [0.15, 0.2) is 64.1 Å². The van der Waals surface area contributed by atoms with Gasteiger partial charge in [-0.3, -0.25) is 9.59 Å². The van der Waals surface area contributed by atoms with Crippen molar-refractivity contribution in [1.82, 2.24) is 4.90 Å². The van der Waals surface area contributed by atoms with Crippen LogP contribution in [0, 0.1) is 6.92 Å². The lowest BCUT2D eigenvalue weighted by atomic mass is 9.98. The first-order chi connectivity index (χ1) is 13.5. The zero-order valence-electron chi connectivity index (χ0n) is 14.9. The normalized spacial score (nSPS) is 18.8. The monoisotopic (exact) mass is 413 g/mol. The number of nitrogens with zero attached hydrogens (tertiary/aromatic N) is 1. The van der Waals surface area contributed by atoms with Gasteiger partial charge in [-0.05, 0) is 48.2 Å². The molecule has 1 aliphatic heterocycles. The van der Waals surface area contributed by atoms with Crippen LogP contribution in [0.2, 0.25) is 5.02 Å². The van der Waals surface area contributed by atoms with Gasteiger partial charge >= 0.3 is 0 Å². The van der Waals surface area contributed by atoms with Gasteiger partial charge < -0.3 is 14.4 Å². The molecule has 3 aromatic rings. The molecule has 1 fully saturated rings. The molecule has 0 aliphatic carbocycles. The second-order valence-corrected chi connectivity index (χ2v) is 7.87. The van der Waals surface area contributed by atoms with Crippen LogP contribution in [0.5, 0.6) is 0 Å². The average molecular weight is 414 g/mol. The largest absolute Gasteiger partial charge is 0.507 e. The Balaban J connectivity index is 1.88. The van der Waals surface area contributed by atoms with Crippen molar-refractivity contribution in [1.29, 1.82) is 0 Å². The lowest BCUT2D eigenvalue weighted by Gasteiger charge is -2.24. The molecule has 4 rings (SSSR count). The van der Waals surface area contributed by atoms with Gasteiger partial charge in [0.1, 0.15) is 17.6 Å². The van der Waals surface area contributed by atoms with Crippen LogP contribution in [0.3, 0.4) is 0 Å². The van der Waals surface area contributed by atoms with Crippen molar-refractivity contribution >= 4 is 40.4 Å². The molecular formula is C21H16ClNO4S. The summed E-state index contributed by atoms with van der Waals surface area (Å²) in [6.07, 6.45) is 1.52. The number of hydrogen-bond donors (Lipinski definition) is 1. The van der Waals surface area contributed by atoms with Gasteiger partial charge in [0.25, 0.3) is 11.7 Å². The van der Waals surface area contributed by atoms with E-state index in [9.17, 15) is 14.7 Å². The maximum absolute atomic E-state index is 12.9. The van der Waals surface area contributed by atoms with Gasteiger partial charge in [0.05, 0.1) is 18.4 Å². The molecule has 142 valence electrons. The third kappa shape index (κ3) is 3.15. The number of carbonyl (C=O) groups is 2. The average Bonchev–Trinajstić information content (AvgIpc) is 3.39. The number of thiophene rings is 1. The van der Waals surface area contributed by atoms with Crippen molar-refractivity contribution in [2.45, 2.75) is 19.5 Å². The summed E-state index contributed by atoms with van der Waals surface area (Å²) < 4.78 is 5.37. The molecule has 0 radical (unpaired) electrons. The number of likely N-dealkylation sites (tertiary alicyclic amines) is 1. The van der Waals surface area contributed by atoms with Crippen LogP contribution in [0.4, 0.5) is 0 Å². The van der Waals surface area contributed by atoms with Crippen molar-refractivity contribution < 1.29 is 19.1 Å². The summed E-state index contributed by atoms with van der Waals surface area (Å²) in [4.78, 5) is 28.0. The number of aryl methyl sites for hydroxylation is 1. The highest BCUT2D eigenvalue weighted by atomic mass is 35.5. The van der Waals surface area contributed by atoms with Crippen molar-refractivity contribution in [2.75, 3.05) is 0 Å². The summed E-state index contributed by atoms with van der Waals surface area (Å²) in [5.41, 5.74) is 1.39. The number of furan rings is 1. The SMILES string of the molecule is Cc1ccsc1C1/C(=C(/O)c2cccc(Cl)c2)C(=O)C(=O)N1Cc1ccco1. The number of rotatable bonds is 4. The van der Waals surface area contributed by atoms with Gasteiger partial charge in [-0.1, -0.05) is 23.7 Å². The number of aliphatic hydroxyl groups is 1. The second-order valence-electron chi connectivity index (χ2n) is 6.48. The Kier molecular flexibility index (Phi) is 4.83. The molecule has 2 aromatic heterocycles. The number of carbonyl (C=O) groups excluding carboxylic acids is 2. The summed E-state index contributed by atoms with van der Waals surface area (Å²) in [5.74, 6) is -1.07. The third-order valence-electron chi connectivity index (χ3n) is 4.69. The van der Waals surface area contributed by atoms with E-state index < -0.39 is 17.7 Å². The molecule has 0 saturated carbocycles. The minimum Gasteiger partial charge on any atom is -0.507 e. The zero-order valence-corrected chi connectivity index (χ0v) is 16.5. The minimum atomic E-state index is -0.721. The summed E-state index contributed by atoms with van der Waals surface area (Å²) in [6.45, 7) is 2.05. The third-order valence-corrected chi connectivity index (χ3v) is 6.00. The first-order valence-electron chi connectivity index (χ1n) is 8.58. The first kappa shape index (κ1) is 18.5. The zero-order chi connectivity index (χ0) is 19.8. The van der Waals surface area contributed by atoms with E-state index in [2.05, 4.69) is 0 Å². The van der Waals surface area contributed by atoms with Gasteiger partial charge in [0.2, 0.25) is 0 Å². The number of aliphatic hydroxyl groups excluding tert-OH is 1. The lowest BCUT2D eigenvalue weighted by Crippen LogP contribution is -2.28. The fourth-order valence-electron chi connectivity index (χ4n) is 3.34. The Bertz CT molecular complexity index is 1080. The molecule has 1 aromatic carbocycles. The van der Waals surface area contributed by atoms with Gasteiger partial charge in [-0.2, -0.15) is 0 Å². The number of Topliss-reactive ketones (excluding diaryl/α,β-unsaturated/α-hetero) is 1. The van der Waals surface area contributed by atoms with Gasteiger partial charge in [-0.25, -0.2) is 0 Å². The van der Waals surface area contributed by atoms with Crippen molar-refractivity contribution in [2.24, 2.45) is 0 Å². The highest BCUT2D eigenvalue weighted by Gasteiger charge is 2.47. The van der Waals surface area contributed by atoms with Gasteiger partial charge in [0.15, 0.2) is 0 Å². The van der Waals surface area contributed by atoms with Crippen LogP contribution < -0.4 is 0 Å². The molecule has 1 aliphatic rings. The highest BCUT2D eigenvalue weighted by Crippen LogP contribution is 2.43. The first-order valence-corrected chi connectivity index (χ1v) is 9.84. The maximum atomic E-state index is 12.9. The van der Waals surface area contributed by atoms with E-state index in [1.807, 2.05) is 18.4 Å². The molecule has 1 amide bonds. The molecule has 7 heteroatoms. The molecule has 1 saturated heterocycles. The standard InChI is InChI=1S/C21H16ClNO4S/c1-12-7-9-28-20(12)17-16(18(24)13-4-2-5-14(22)10-13)19(25)21(26)23(17)11-15-6-3-8-27-15/h2-10,17,24H,11H2,1H3/b18-16-. The number of benzene rings is 1. The Morgan fingerprint density at radius 2 is 2.07 bits per heavy atom. The second kappa shape index (κ2) is 7.30. The highest BCUT2D eigenvalue weighted by molar-refractivity contribution is 7.10. The number of ketones is 1. The van der Waals surface area contributed by atoms with Crippen molar-refractivity contribution in [3.05, 3.63) is 86.5 Å². The Morgan fingerprint density at radius 1 is 1.25 bits per heavy atom. The van der Waals surface area contributed by atoms with Gasteiger partial charge in [0, 0.05) is 15.5 Å². The van der Waals surface area contributed by atoms with E-state index in [0.29, 0.717) is 16.3 Å². The van der Waals surface area contributed by atoms with E-state index in [0.717, 1.165) is 10.4 Å². The molecule has 0 spiro atoms. The Morgan fingerprint density at radius 3 is 2.71 bits per heavy atom. The number of amides is 1. The number of hydrogen-bond acceptors (Lipinski definition) is 5. The van der Waals surface area contributed by atoms with E-state index in [4.69, 9.17) is 16.0 Å². The van der Waals surface area contributed by atoms with E-state index >= 15 is 0 Å². The summed E-state index contributed by atoms with van der Waals surface area (Å²) in [5, 5.41) is 13.3. The van der Waals surface area contributed by atoms with Crippen molar-refractivity contribution in [3.63, 3.8) is 0 Å². The van der Waals surface area contributed by atoms with E-state index in [1.54, 1.807) is 36.4 Å². The predicted octanol–water partition coefficient (Wildman–Crippen LogP) is 4.92. The van der Waals surface area contributed by atoms with E-state index in [1.165, 1.54) is 22.5 Å². The smallest absolute Gasteiger partial charge is 0.296 e. The predicted molar refractivity (Wildman–Crippen MR) is 107 cm³/mol. The fourth-order valence-corrected chi connectivity index (χ4v) is 4.58. The molecule has 28 heavy (non-hydrogen) atoms. The van der Waals surface area contributed by atoms with Crippen LogP contribution in [0.1, 0.15) is 27.8 Å². The lowest BCUT2D eigenvalue weighted by molar-refractivity contribution is -0.140. The molecule has 1 unspecified atom stereocenters. The quantitative estimate of drug-likeness (QED) is 0.374. The summed E-state index contributed by atoms with van der Waals surface area (Å²) in [7, 11) is 0. The van der Waals surface area contributed by atoms with Crippen LogP contribution in [0.25, 0.3) is 5.76 Å². The Hall–Kier alpha value is -2.83. The summed E-state index contributed by atoms with van der Waals surface area (Å²) >= 11 is 7.48. The molecule has 1 atom stereocenters. The van der Waals surface area contributed by atoms with Gasteiger partial charge in [-0.15, -0.1) is 11.3 Å². The fraction of sp³-hybridized carbons (Fsp3) is 0.143. The maximum Gasteiger partial charge on any atom is 0.296 e. The Labute approximate surface area is 170 Å². The van der Waals surface area contributed by atoms with E-state index in [-0.39, 0.29) is 17.9 Å². The number of halogens is 1. The molecule has 0 bridgehead atoms. The summed E-state index contributed by atoms with van der Waals surface area (Å²) in [6, 6.07) is 11.3. The minimum absolute atomic E-state index is 0.0596. The van der Waals surface area contributed by atoms with Crippen LogP contribution in [-0.2, 0) is 16.1 Å². The topological polar surface area (TPSA) is 70.8 Å². The molecule has 3 heterocycles. The molecule has 1 N–H and O–H groups in total. The van der Waals surface area contributed by atoms with Crippen molar-refractivity contribution in [3.8, 4) is 0 Å². The van der Waals surface area contributed by atoms with Crippen LogP contribution >= 0.6 is 22.9 Å². The molecule has 5 nitrogen and oxygen atoms in total.